The number of carbonyl (C=O) groups is 1. The van der Waals surface area contributed by atoms with Crippen molar-refractivity contribution in [3.63, 3.8) is 0 Å². The van der Waals surface area contributed by atoms with Gasteiger partial charge in [-0.25, -0.2) is 9.18 Å². The molecule has 8 nitrogen and oxygen atoms in total. The maximum Gasteiger partial charge on any atom is 0.352 e. The van der Waals surface area contributed by atoms with Gasteiger partial charge in [0.1, 0.15) is 17.3 Å². The number of carboxylic acid groups (broad SMARTS) is 1. The number of aromatic nitrogens is 5. The molecular formula is C36H33ClFN5O3S2. The van der Waals surface area contributed by atoms with E-state index in [4.69, 9.17) is 26.5 Å². The Labute approximate surface area is 290 Å². The number of aryl methyl sites for hydroxylation is 4. The lowest BCUT2D eigenvalue weighted by atomic mass is 9.96. The van der Waals surface area contributed by atoms with E-state index >= 15 is 0 Å². The van der Waals surface area contributed by atoms with Crippen LogP contribution in [0.3, 0.4) is 0 Å². The molecule has 0 unspecified atom stereocenters. The summed E-state index contributed by atoms with van der Waals surface area (Å²) in [5.74, 6) is 1.47. The van der Waals surface area contributed by atoms with Crippen molar-refractivity contribution in [2.24, 2.45) is 7.05 Å². The van der Waals surface area contributed by atoms with Crippen LogP contribution in [0.5, 0.6) is 5.75 Å². The monoisotopic (exact) mass is 701 g/mol. The van der Waals surface area contributed by atoms with Gasteiger partial charge in [-0.15, -0.1) is 23.5 Å². The van der Waals surface area contributed by atoms with Crippen LogP contribution in [0.25, 0.3) is 32.8 Å². The summed E-state index contributed by atoms with van der Waals surface area (Å²) in [7, 11) is 1.97. The molecule has 5 heterocycles. The number of hydrogen-bond donors (Lipinski definition) is 1. The Bertz CT molecular complexity index is 2260. The molecule has 48 heavy (non-hydrogen) atoms. The molecule has 8 rings (SSSR count). The van der Waals surface area contributed by atoms with E-state index in [1.165, 1.54) is 12.1 Å². The Morgan fingerprint density at radius 1 is 1.02 bits per heavy atom. The van der Waals surface area contributed by atoms with Gasteiger partial charge >= 0.3 is 5.97 Å². The first kappa shape index (κ1) is 31.3. The molecule has 3 aromatic heterocycles. The van der Waals surface area contributed by atoms with Crippen molar-refractivity contribution in [3.05, 3.63) is 93.4 Å². The summed E-state index contributed by atoms with van der Waals surface area (Å²) in [6.45, 7) is 3.52. The third-order valence-electron chi connectivity index (χ3n) is 9.33. The first-order valence-corrected chi connectivity index (χ1v) is 18.5. The number of nitrogens with zero attached hydrogens (tertiary/aromatic N) is 5. The molecule has 246 valence electrons. The van der Waals surface area contributed by atoms with Gasteiger partial charge < -0.3 is 14.4 Å². The van der Waals surface area contributed by atoms with Crippen LogP contribution in [0.1, 0.15) is 51.7 Å². The van der Waals surface area contributed by atoms with Gasteiger partial charge in [0.05, 0.1) is 18.0 Å². The summed E-state index contributed by atoms with van der Waals surface area (Å²) < 4.78 is 26.6. The summed E-state index contributed by atoms with van der Waals surface area (Å²) in [4.78, 5) is 13.8. The molecule has 0 radical (unpaired) electrons. The average molecular weight is 702 g/mol. The molecule has 0 atom stereocenters. The quantitative estimate of drug-likeness (QED) is 0.184. The van der Waals surface area contributed by atoms with Crippen molar-refractivity contribution in [2.45, 2.75) is 61.4 Å². The van der Waals surface area contributed by atoms with E-state index in [1.54, 1.807) is 29.6 Å². The van der Waals surface area contributed by atoms with Gasteiger partial charge in [-0.2, -0.15) is 10.2 Å². The lowest BCUT2D eigenvalue weighted by Gasteiger charge is -2.14. The van der Waals surface area contributed by atoms with Crippen molar-refractivity contribution in [3.8, 4) is 16.9 Å². The van der Waals surface area contributed by atoms with E-state index in [0.29, 0.717) is 53.2 Å². The first-order valence-electron chi connectivity index (χ1n) is 16.0. The molecule has 1 N–H and O–H groups in total. The number of thioether (sulfide) groups is 2. The number of rotatable bonds is 1. The zero-order valence-electron chi connectivity index (χ0n) is 26.6. The lowest BCUT2D eigenvalue weighted by molar-refractivity contribution is 0.0684. The molecule has 0 fully saturated rings. The molecule has 2 aliphatic heterocycles. The van der Waals surface area contributed by atoms with E-state index in [-0.39, 0.29) is 11.5 Å². The highest BCUT2D eigenvalue weighted by atomic mass is 35.5. The van der Waals surface area contributed by atoms with Crippen LogP contribution in [0, 0.1) is 12.7 Å². The molecule has 0 aliphatic carbocycles. The van der Waals surface area contributed by atoms with E-state index in [2.05, 4.69) is 10.7 Å². The molecule has 6 aromatic rings. The Balaban J connectivity index is 1.26. The van der Waals surface area contributed by atoms with Gasteiger partial charge in [-0.05, 0) is 85.7 Å². The summed E-state index contributed by atoms with van der Waals surface area (Å²) >= 11 is 10.5. The lowest BCUT2D eigenvalue weighted by Crippen LogP contribution is -2.12. The molecular weight excluding hydrogens is 669 g/mol. The number of carboxylic acids is 1. The van der Waals surface area contributed by atoms with Gasteiger partial charge in [0.15, 0.2) is 0 Å². The highest BCUT2D eigenvalue weighted by molar-refractivity contribution is 7.98. The van der Waals surface area contributed by atoms with Crippen LogP contribution in [0.4, 0.5) is 4.39 Å². The topological polar surface area (TPSA) is 87.1 Å². The zero-order valence-corrected chi connectivity index (χ0v) is 28.9. The maximum absolute atomic E-state index is 14.3. The van der Waals surface area contributed by atoms with E-state index in [0.717, 1.165) is 79.9 Å². The summed E-state index contributed by atoms with van der Waals surface area (Å²) in [6.07, 6.45) is 2.47. The Morgan fingerprint density at radius 3 is 2.75 bits per heavy atom. The number of benzene rings is 3. The normalized spacial score (nSPS) is 15.3. The molecule has 3 aromatic carbocycles. The molecule has 12 heteroatoms. The maximum atomic E-state index is 14.3. The van der Waals surface area contributed by atoms with Crippen molar-refractivity contribution in [1.29, 1.82) is 0 Å². The minimum absolute atomic E-state index is 0.251. The third-order valence-corrected chi connectivity index (χ3v) is 11.6. The minimum atomic E-state index is -0.982. The van der Waals surface area contributed by atoms with E-state index in [1.807, 2.05) is 47.5 Å². The molecule has 0 saturated heterocycles. The second kappa shape index (κ2) is 12.5. The molecule has 2 aliphatic rings. The highest BCUT2D eigenvalue weighted by Gasteiger charge is 2.29. The summed E-state index contributed by atoms with van der Waals surface area (Å²) in [6, 6.07) is 14.7. The van der Waals surface area contributed by atoms with Gasteiger partial charge in [-0.1, -0.05) is 11.6 Å². The van der Waals surface area contributed by atoms with E-state index < -0.39 is 5.97 Å². The average Bonchev–Trinajstić information content (AvgIpc) is 3.80. The van der Waals surface area contributed by atoms with Crippen molar-refractivity contribution < 1.29 is 19.0 Å². The second-order valence-corrected chi connectivity index (χ2v) is 14.8. The predicted octanol–water partition coefficient (Wildman–Crippen LogP) is 8.65. The Hall–Kier alpha value is -3.93. The van der Waals surface area contributed by atoms with Gasteiger partial charge in [0, 0.05) is 86.1 Å². The smallest absolute Gasteiger partial charge is 0.352 e. The molecule has 8 bridgehead atoms. The van der Waals surface area contributed by atoms with Gasteiger partial charge in [0.25, 0.3) is 0 Å². The van der Waals surface area contributed by atoms with Crippen LogP contribution in [-0.2, 0) is 43.8 Å². The fourth-order valence-electron chi connectivity index (χ4n) is 7.21. The van der Waals surface area contributed by atoms with Crippen LogP contribution in [0.2, 0.25) is 5.02 Å². The van der Waals surface area contributed by atoms with Crippen LogP contribution in [0.15, 0.2) is 53.4 Å². The highest BCUT2D eigenvalue weighted by Crippen LogP contribution is 2.44. The Morgan fingerprint density at radius 2 is 1.90 bits per heavy atom. The van der Waals surface area contributed by atoms with Crippen LogP contribution >= 0.6 is 35.1 Å². The summed E-state index contributed by atoms with van der Waals surface area (Å²) in [5, 5.41) is 23.4. The third kappa shape index (κ3) is 5.45. The number of ether oxygens (including phenoxy) is 1. The Kier molecular flexibility index (Phi) is 8.17. The molecule has 0 amide bonds. The van der Waals surface area contributed by atoms with Crippen LogP contribution in [-0.4, -0.2) is 41.8 Å². The zero-order chi connectivity index (χ0) is 33.1. The van der Waals surface area contributed by atoms with Crippen LogP contribution < -0.4 is 4.74 Å². The SMILES string of the molecule is Cc1c(C(=O)O)n2c3ccc(Cl)c(c13)-c1c(nn3c1CCC3)CSCc1cc(n(C)n1)CSc1cc(c3ccc(F)cc3c1)OCCC2. The van der Waals surface area contributed by atoms with Gasteiger partial charge in [0.2, 0.25) is 0 Å². The van der Waals surface area contributed by atoms with E-state index in [9.17, 15) is 14.3 Å². The number of fused-ring (bicyclic) bond motifs is 10. The number of hydrogen-bond acceptors (Lipinski definition) is 6. The first-order chi connectivity index (χ1) is 23.3. The number of halogens is 2. The predicted molar refractivity (Wildman–Crippen MR) is 190 cm³/mol. The minimum Gasteiger partial charge on any atom is -0.493 e. The standard InChI is InChI=1S/C36H33ClFN5O3S2/c1-20-32-29-9-8-27(37)33(32)34-28(40-43-11-3-5-30(34)43)19-47-17-23-15-24(41(2)39-23)18-48-25-14-21-13-22(38)6-7-26(21)31(16-25)46-12-4-10-42(29)35(20)36(44)45/h6-9,13-16H,3-5,10-12,17-19H2,1-2H3,(H,44,45). The molecule has 0 saturated carbocycles. The molecule has 0 spiro atoms. The van der Waals surface area contributed by atoms with Gasteiger partial charge in [-0.3, -0.25) is 9.36 Å². The fraction of sp³-hybridized carbons (Fsp3) is 0.306. The van der Waals surface area contributed by atoms with Crippen molar-refractivity contribution in [2.75, 3.05) is 6.61 Å². The van der Waals surface area contributed by atoms with Crippen molar-refractivity contribution in [1.82, 2.24) is 24.1 Å². The largest absolute Gasteiger partial charge is 0.493 e. The summed E-state index contributed by atoms with van der Waals surface area (Å²) in [5.41, 5.74) is 7.85. The second-order valence-electron chi connectivity index (χ2n) is 12.4. The number of aromatic carboxylic acids is 1. The van der Waals surface area contributed by atoms with Crippen molar-refractivity contribution >= 4 is 62.8 Å². The fourth-order valence-corrected chi connectivity index (χ4v) is 9.30.